The van der Waals surface area contributed by atoms with Gasteiger partial charge >= 0.3 is 0 Å². The Hall–Kier alpha value is -4.29. The van der Waals surface area contributed by atoms with Gasteiger partial charge in [-0.05, 0) is 62.9 Å². The molecule has 0 saturated heterocycles. The summed E-state index contributed by atoms with van der Waals surface area (Å²) in [5.74, 6) is -0.00779. The third kappa shape index (κ3) is 4.94. The number of rotatable bonds is 5. The molecule has 5 nitrogen and oxygen atoms in total. The molecule has 0 unspecified atom stereocenters. The van der Waals surface area contributed by atoms with E-state index in [0.717, 1.165) is 44.1 Å². The fraction of sp³-hybridized carbons (Fsp3) is 0.243. The Morgan fingerprint density at radius 1 is 0.721 bits per heavy atom. The summed E-state index contributed by atoms with van der Waals surface area (Å²) in [7, 11) is -3.87. The SMILES string of the molecule is CC(C)(C)c1cc([C@H](c2c[nH]c3ccccc23)c2cn(S(=O)(=O)c3ccccc3)c3ccccc23)cc(C(C)(C)C)c1O. The number of fused-ring (bicyclic) bond motifs is 2. The van der Waals surface area contributed by atoms with Crippen LogP contribution in [-0.4, -0.2) is 22.5 Å². The molecule has 0 bridgehead atoms. The molecule has 0 amide bonds. The second kappa shape index (κ2) is 10.2. The van der Waals surface area contributed by atoms with E-state index in [1.807, 2.05) is 48.7 Å². The topological polar surface area (TPSA) is 75.1 Å². The highest BCUT2D eigenvalue weighted by Gasteiger charge is 2.32. The van der Waals surface area contributed by atoms with Gasteiger partial charge in [-0.15, -0.1) is 0 Å². The molecule has 6 heteroatoms. The lowest BCUT2D eigenvalue weighted by Gasteiger charge is -2.30. The van der Waals surface area contributed by atoms with E-state index < -0.39 is 10.0 Å². The highest BCUT2D eigenvalue weighted by molar-refractivity contribution is 7.90. The number of aromatic nitrogens is 2. The number of H-pyrrole nitrogens is 1. The summed E-state index contributed by atoms with van der Waals surface area (Å²) in [6.45, 7) is 12.7. The Morgan fingerprint density at radius 2 is 1.28 bits per heavy atom. The van der Waals surface area contributed by atoms with E-state index in [0.29, 0.717) is 11.3 Å². The van der Waals surface area contributed by atoms with E-state index in [9.17, 15) is 13.5 Å². The van der Waals surface area contributed by atoms with Crippen molar-refractivity contribution in [1.29, 1.82) is 0 Å². The van der Waals surface area contributed by atoms with Gasteiger partial charge in [0, 0.05) is 34.6 Å². The van der Waals surface area contributed by atoms with Crippen LogP contribution in [0.1, 0.15) is 75.3 Å². The molecule has 0 spiro atoms. The number of benzene rings is 4. The van der Waals surface area contributed by atoms with Gasteiger partial charge in [0.2, 0.25) is 0 Å². The molecule has 2 heterocycles. The maximum absolute atomic E-state index is 14.1. The van der Waals surface area contributed by atoms with Crippen LogP contribution >= 0.6 is 0 Å². The largest absolute Gasteiger partial charge is 0.507 e. The van der Waals surface area contributed by atoms with Crippen molar-refractivity contribution in [2.24, 2.45) is 0 Å². The zero-order valence-corrected chi connectivity index (χ0v) is 26.3. The van der Waals surface area contributed by atoms with E-state index in [1.165, 1.54) is 3.97 Å². The van der Waals surface area contributed by atoms with Gasteiger partial charge in [-0.2, -0.15) is 0 Å². The zero-order chi connectivity index (χ0) is 30.7. The van der Waals surface area contributed by atoms with Gasteiger partial charge in [0.05, 0.1) is 10.4 Å². The zero-order valence-electron chi connectivity index (χ0n) is 25.5. The van der Waals surface area contributed by atoms with Crippen LogP contribution in [0.2, 0.25) is 0 Å². The van der Waals surface area contributed by atoms with E-state index in [2.05, 4.69) is 70.8 Å². The highest BCUT2D eigenvalue weighted by atomic mass is 32.2. The summed E-state index contributed by atoms with van der Waals surface area (Å²) >= 11 is 0. The minimum absolute atomic E-state index is 0.237. The predicted molar refractivity (Wildman–Crippen MR) is 176 cm³/mol. The number of nitrogens with one attached hydrogen (secondary N) is 1. The van der Waals surface area contributed by atoms with Crippen LogP contribution in [0.5, 0.6) is 5.75 Å². The quantitative estimate of drug-likeness (QED) is 0.211. The Kier molecular flexibility index (Phi) is 6.81. The number of nitrogens with zero attached hydrogens (tertiary/aromatic N) is 1. The first kappa shape index (κ1) is 28.8. The van der Waals surface area contributed by atoms with Gasteiger partial charge in [-0.3, -0.25) is 0 Å². The molecule has 0 aliphatic carbocycles. The summed E-state index contributed by atoms with van der Waals surface area (Å²) in [5, 5.41) is 13.5. The molecule has 2 aromatic heterocycles. The van der Waals surface area contributed by atoms with Crippen LogP contribution in [0, 0.1) is 0 Å². The molecule has 2 N–H and O–H groups in total. The number of phenols is 1. The van der Waals surface area contributed by atoms with E-state index >= 15 is 0 Å². The van der Waals surface area contributed by atoms with Crippen molar-refractivity contribution in [3.8, 4) is 5.75 Å². The summed E-state index contributed by atoms with van der Waals surface area (Å²) in [5.41, 5.74) is 5.63. The van der Waals surface area contributed by atoms with Gasteiger partial charge in [0.25, 0.3) is 10.0 Å². The maximum Gasteiger partial charge on any atom is 0.268 e. The van der Waals surface area contributed by atoms with Crippen molar-refractivity contribution in [2.75, 3.05) is 0 Å². The summed E-state index contributed by atoms with van der Waals surface area (Å²) in [4.78, 5) is 3.68. The van der Waals surface area contributed by atoms with E-state index in [-0.39, 0.29) is 21.6 Å². The lowest BCUT2D eigenvalue weighted by Crippen LogP contribution is -2.19. The molecule has 6 aromatic rings. The first-order valence-electron chi connectivity index (χ1n) is 14.6. The van der Waals surface area contributed by atoms with Crippen molar-refractivity contribution >= 4 is 31.8 Å². The van der Waals surface area contributed by atoms with Crippen LogP contribution < -0.4 is 0 Å². The molecule has 0 aliphatic rings. The molecule has 4 aromatic carbocycles. The standard InChI is InChI=1S/C37H38N2O3S/c1-36(2,3)30-20-24(21-31(35(30)40)37(4,5)6)34(28-22-38-32-18-12-10-16-26(28)32)29-23-39(33-19-13-11-17-27(29)33)43(41,42)25-14-8-7-9-15-25/h7-23,34,38,40H,1-6H3/t34-/m1/s1. The van der Waals surface area contributed by atoms with Crippen LogP contribution in [0.4, 0.5) is 0 Å². The third-order valence-electron chi connectivity index (χ3n) is 8.33. The first-order valence-corrected chi connectivity index (χ1v) is 16.1. The molecular weight excluding hydrogens is 552 g/mol. The second-order valence-corrected chi connectivity index (χ2v) is 15.2. The number of hydrogen-bond acceptors (Lipinski definition) is 3. The molecule has 0 saturated carbocycles. The number of aromatic hydroxyl groups is 1. The van der Waals surface area contributed by atoms with Crippen molar-refractivity contribution in [3.05, 3.63) is 131 Å². The fourth-order valence-corrected chi connectivity index (χ4v) is 7.54. The number of para-hydroxylation sites is 2. The fourth-order valence-electron chi connectivity index (χ4n) is 6.14. The van der Waals surface area contributed by atoms with Crippen molar-refractivity contribution < 1.29 is 13.5 Å². The normalized spacial score (nSPS) is 13.5. The van der Waals surface area contributed by atoms with Gasteiger partial charge < -0.3 is 10.1 Å². The van der Waals surface area contributed by atoms with Crippen molar-refractivity contribution in [1.82, 2.24) is 8.96 Å². The maximum atomic E-state index is 14.1. The lowest BCUT2D eigenvalue weighted by atomic mass is 9.75. The molecule has 1 atom stereocenters. The summed E-state index contributed by atoms with van der Waals surface area (Å²) in [6.07, 6.45) is 3.83. The van der Waals surface area contributed by atoms with Crippen molar-refractivity contribution in [2.45, 2.75) is 63.2 Å². The van der Waals surface area contributed by atoms with Crippen LogP contribution in [-0.2, 0) is 20.9 Å². The summed E-state index contributed by atoms with van der Waals surface area (Å²) in [6, 6.07) is 28.7. The minimum atomic E-state index is -3.87. The van der Waals surface area contributed by atoms with Crippen molar-refractivity contribution in [3.63, 3.8) is 0 Å². The molecule has 43 heavy (non-hydrogen) atoms. The molecular formula is C37H38N2O3S. The molecule has 220 valence electrons. The minimum Gasteiger partial charge on any atom is -0.507 e. The molecule has 6 rings (SSSR count). The number of hydrogen-bond donors (Lipinski definition) is 2. The van der Waals surface area contributed by atoms with Crippen LogP contribution in [0.15, 0.2) is 108 Å². The smallest absolute Gasteiger partial charge is 0.268 e. The average Bonchev–Trinajstić information content (AvgIpc) is 3.56. The average molecular weight is 591 g/mol. The van der Waals surface area contributed by atoms with Gasteiger partial charge in [0.1, 0.15) is 5.75 Å². The molecule has 0 radical (unpaired) electrons. The number of phenolic OH excluding ortho intramolecular Hbond substituents is 1. The second-order valence-electron chi connectivity index (χ2n) is 13.4. The Morgan fingerprint density at radius 3 is 1.91 bits per heavy atom. The van der Waals surface area contributed by atoms with Crippen LogP contribution in [0.3, 0.4) is 0 Å². The lowest BCUT2D eigenvalue weighted by molar-refractivity contribution is 0.422. The molecule has 0 fully saturated rings. The van der Waals surface area contributed by atoms with E-state index in [1.54, 1.807) is 30.5 Å². The van der Waals surface area contributed by atoms with E-state index in [4.69, 9.17) is 0 Å². The monoisotopic (exact) mass is 590 g/mol. The Balaban J connectivity index is 1.72. The summed E-state index contributed by atoms with van der Waals surface area (Å²) < 4.78 is 29.5. The highest BCUT2D eigenvalue weighted by Crippen LogP contribution is 2.46. The Bertz CT molecular complexity index is 2040. The van der Waals surface area contributed by atoms with Gasteiger partial charge in [-0.1, -0.05) is 108 Å². The first-order chi connectivity index (χ1) is 20.3. The third-order valence-corrected chi connectivity index (χ3v) is 10.0. The Labute approximate surface area is 253 Å². The predicted octanol–water partition coefficient (Wildman–Crippen LogP) is 8.84. The van der Waals surface area contributed by atoms with Gasteiger partial charge in [0.15, 0.2) is 0 Å². The van der Waals surface area contributed by atoms with Crippen LogP contribution in [0.25, 0.3) is 21.8 Å². The van der Waals surface area contributed by atoms with Gasteiger partial charge in [-0.25, -0.2) is 12.4 Å². The number of aromatic amines is 1. The molecule has 0 aliphatic heterocycles.